The molecule has 62 valence electrons. The predicted octanol–water partition coefficient (Wildman–Crippen LogP) is 2.92. The van der Waals surface area contributed by atoms with E-state index in [2.05, 4.69) is 4.85 Å². The molecule has 0 amide bonds. The molecule has 0 aromatic carbocycles. The third-order valence-electron chi connectivity index (χ3n) is 1.32. The fourth-order valence-corrected chi connectivity index (χ4v) is 0.617. The van der Waals surface area contributed by atoms with Gasteiger partial charge in [0.25, 0.3) is 5.70 Å². The van der Waals surface area contributed by atoms with Gasteiger partial charge in [0.1, 0.15) is 0 Å². The highest BCUT2D eigenvalue weighted by Crippen LogP contribution is 2.07. The van der Waals surface area contributed by atoms with Crippen LogP contribution in [0.4, 0.5) is 0 Å². The van der Waals surface area contributed by atoms with E-state index in [4.69, 9.17) is 11.8 Å². The minimum absolute atomic E-state index is 0.173. The average Bonchev–Trinajstić information content (AvgIpc) is 2.03. The fraction of sp³-hybridized carbons (Fsp3) is 0.400. The molecule has 0 radical (unpaired) electrons. The quantitative estimate of drug-likeness (QED) is 0.347. The summed E-state index contributed by atoms with van der Waals surface area (Å²) in [5.41, 5.74) is 0.910. The van der Waals surface area contributed by atoms with E-state index in [-0.39, 0.29) is 5.70 Å². The Morgan fingerprint density at radius 1 is 1.58 bits per heavy atom. The molecule has 0 atom stereocenters. The minimum Gasteiger partial charge on any atom is -0.226 e. The van der Waals surface area contributed by atoms with Gasteiger partial charge < -0.3 is 0 Å². The summed E-state index contributed by atoms with van der Waals surface area (Å²) in [6.07, 6.45) is 3.79. The van der Waals surface area contributed by atoms with Crippen LogP contribution >= 0.6 is 0 Å². The molecule has 0 fully saturated rings. The number of hydrogen-bond acceptors (Lipinski definition) is 1. The molecule has 0 N–H and O–H groups in total. The van der Waals surface area contributed by atoms with Gasteiger partial charge in [0.2, 0.25) is 0 Å². The Morgan fingerprint density at radius 2 is 2.17 bits per heavy atom. The van der Waals surface area contributed by atoms with Crippen LogP contribution in [0.2, 0.25) is 0 Å². The average molecular weight is 160 g/mol. The maximum Gasteiger partial charge on any atom is 0.264 e. The predicted molar refractivity (Wildman–Crippen MR) is 48.9 cm³/mol. The van der Waals surface area contributed by atoms with E-state index >= 15 is 0 Å². The van der Waals surface area contributed by atoms with E-state index in [1.165, 1.54) is 0 Å². The second-order valence-corrected chi connectivity index (χ2v) is 2.86. The standard InChI is InChI=1S/C10H12N2/c1-8(2)5-6-9(3)10(7-11)12-4/h5-6,8H,1-3H3/b6-5+,10-9-. The molecule has 0 unspecified atom stereocenters. The highest BCUT2D eigenvalue weighted by atomic mass is 14.7. The van der Waals surface area contributed by atoms with Crippen LogP contribution in [0.15, 0.2) is 23.4 Å². The molecule has 0 rings (SSSR count). The number of rotatable bonds is 2. The Hall–Kier alpha value is -1.54. The van der Waals surface area contributed by atoms with Gasteiger partial charge in [-0.25, -0.2) is 10.1 Å². The second-order valence-electron chi connectivity index (χ2n) is 2.86. The van der Waals surface area contributed by atoms with Crippen molar-refractivity contribution < 1.29 is 0 Å². The normalized spacial score (nSPS) is 12.5. The van der Waals surface area contributed by atoms with Crippen LogP contribution in [0.5, 0.6) is 0 Å². The van der Waals surface area contributed by atoms with E-state index in [0.717, 1.165) is 5.57 Å². The van der Waals surface area contributed by atoms with Crippen molar-refractivity contribution in [3.05, 3.63) is 34.8 Å². The Morgan fingerprint density at radius 3 is 2.50 bits per heavy atom. The number of nitriles is 1. The van der Waals surface area contributed by atoms with E-state index in [9.17, 15) is 0 Å². The minimum atomic E-state index is 0.173. The van der Waals surface area contributed by atoms with Crippen molar-refractivity contribution in [2.24, 2.45) is 5.92 Å². The third kappa shape index (κ3) is 3.58. The van der Waals surface area contributed by atoms with Crippen LogP contribution in [0, 0.1) is 23.8 Å². The number of allylic oxidation sites excluding steroid dienone is 4. The first kappa shape index (κ1) is 10.5. The topological polar surface area (TPSA) is 28.1 Å². The van der Waals surface area contributed by atoms with E-state index < -0.39 is 0 Å². The molecule has 0 aromatic rings. The molecule has 0 heterocycles. The maximum atomic E-state index is 8.51. The van der Waals surface area contributed by atoms with Crippen molar-refractivity contribution in [3.8, 4) is 6.07 Å². The first-order chi connectivity index (χ1) is 5.61. The first-order valence-corrected chi connectivity index (χ1v) is 3.78. The smallest absolute Gasteiger partial charge is 0.226 e. The maximum absolute atomic E-state index is 8.51. The zero-order valence-corrected chi connectivity index (χ0v) is 7.63. The molecule has 0 saturated carbocycles. The lowest BCUT2D eigenvalue weighted by molar-refractivity contribution is 0.830. The van der Waals surface area contributed by atoms with Crippen LogP contribution in [0.1, 0.15) is 20.8 Å². The van der Waals surface area contributed by atoms with Gasteiger partial charge in [-0.2, -0.15) is 0 Å². The van der Waals surface area contributed by atoms with Gasteiger partial charge >= 0.3 is 0 Å². The highest BCUT2D eigenvalue weighted by molar-refractivity contribution is 5.37. The molecule has 0 aliphatic rings. The fourth-order valence-electron chi connectivity index (χ4n) is 0.617. The van der Waals surface area contributed by atoms with Gasteiger partial charge in [-0.05, 0) is 18.4 Å². The molecule has 0 spiro atoms. The van der Waals surface area contributed by atoms with Gasteiger partial charge in [-0.15, -0.1) is 0 Å². The van der Waals surface area contributed by atoms with Crippen molar-refractivity contribution >= 4 is 0 Å². The largest absolute Gasteiger partial charge is 0.264 e. The van der Waals surface area contributed by atoms with E-state index in [1.807, 2.05) is 32.1 Å². The SMILES string of the molecule is [C-]#[N+]/C(C#N)=C(C)\C=C\C(C)C. The molecule has 0 bridgehead atoms. The monoisotopic (exact) mass is 160 g/mol. The Bertz CT molecular complexity index is 266. The van der Waals surface area contributed by atoms with Gasteiger partial charge in [-0.3, -0.25) is 0 Å². The van der Waals surface area contributed by atoms with Crippen molar-refractivity contribution in [2.45, 2.75) is 20.8 Å². The van der Waals surface area contributed by atoms with Crippen molar-refractivity contribution in [1.82, 2.24) is 0 Å². The lowest BCUT2D eigenvalue weighted by atomic mass is 10.1. The van der Waals surface area contributed by atoms with Gasteiger partial charge in [0.15, 0.2) is 0 Å². The van der Waals surface area contributed by atoms with Crippen LogP contribution in [-0.2, 0) is 0 Å². The lowest BCUT2D eigenvalue weighted by Crippen LogP contribution is -1.80. The summed E-state index contributed by atoms with van der Waals surface area (Å²) in [5, 5.41) is 8.51. The summed E-state index contributed by atoms with van der Waals surface area (Å²) >= 11 is 0. The summed E-state index contributed by atoms with van der Waals surface area (Å²) < 4.78 is 0. The molecule has 0 aliphatic carbocycles. The Balaban J connectivity index is 4.61. The molecule has 0 aliphatic heterocycles. The van der Waals surface area contributed by atoms with Crippen molar-refractivity contribution in [1.29, 1.82) is 5.26 Å². The van der Waals surface area contributed by atoms with Crippen molar-refractivity contribution in [2.75, 3.05) is 0 Å². The number of nitrogens with zero attached hydrogens (tertiary/aromatic N) is 2. The zero-order chi connectivity index (χ0) is 9.56. The summed E-state index contributed by atoms with van der Waals surface area (Å²) in [6, 6.07) is 1.85. The van der Waals surface area contributed by atoms with Crippen LogP contribution in [0.25, 0.3) is 4.85 Å². The van der Waals surface area contributed by atoms with Crippen LogP contribution < -0.4 is 0 Å². The lowest BCUT2D eigenvalue weighted by Gasteiger charge is -1.94. The highest BCUT2D eigenvalue weighted by Gasteiger charge is 1.96. The molecular weight excluding hydrogens is 148 g/mol. The third-order valence-corrected chi connectivity index (χ3v) is 1.32. The second kappa shape index (κ2) is 5.16. The van der Waals surface area contributed by atoms with Crippen LogP contribution in [0.3, 0.4) is 0 Å². The van der Waals surface area contributed by atoms with E-state index in [0.29, 0.717) is 5.92 Å². The molecule has 12 heavy (non-hydrogen) atoms. The molecule has 2 nitrogen and oxygen atoms in total. The summed E-state index contributed by atoms with van der Waals surface area (Å²) in [6.45, 7) is 12.6. The summed E-state index contributed by atoms with van der Waals surface area (Å²) in [5.74, 6) is 0.450. The Kier molecular flexibility index (Phi) is 4.49. The Labute approximate surface area is 73.6 Å². The molecule has 0 aromatic heterocycles. The zero-order valence-electron chi connectivity index (χ0n) is 7.63. The molecule has 0 saturated heterocycles. The van der Waals surface area contributed by atoms with Crippen molar-refractivity contribution in [3.63, 3.8) is 0 Å². The summed E-state index contributed by atoms with van der Waals surface area (Å²) in [4.78, 5) is 3.10. The first-order valence-electron chi connectivity index (χ1n) is 3.78. The van der Waals surface area contributed by atoms with E-state index in [1.54, 1.807) is 6.92 Å². The van der Waals surface area contributed by atoms with Gasteiger partial charge in [-0.1, -0.05) is 26.0 Å². The summed E-state index contributed by atoms with van der Waals surface area (Å²) in [7, 11) is 0. The molecular formula is C10H12N2. The van der Waals surface area contributed by atoms with Crippen LogP contribution in [-0.4, -0.2) is 0 Å². The molecule has 2 heteroatoms. The van der Waals surface area contributed by atoms with Gasteiger partial charge in [0, 0.05) is 0 Å². The number of hydrogen-bond donors (Lipinski definition) is 0. The van der Waals surface area contributed by atoms with Gasteiger partial charge in [0.05, 0.1) is 12.6 Å².